The number of carbonyl (C=O) groups excluding carboxylic acids is 2. The predicted octanol–water partition coefficient (Wildman–Crippen LogP) is 3.76. The zero-order valence-electron chi connectivity index (χ0n) is 17.2. The second-order valence-electron chi connectivity index (χ2n) is 8.59. The van der Waals surface area contributed by atoms with E-state index in [-0.39, 0.29) is 47.4 Å². The molecule has 1 aromatic rings. The Kier molecular flexibility index (Phi) is 6.48. The summed E-state index contributed by atoms with van der Waals surface area (Å²) in [6.45, 7) is 4.83. The van der Waals surface area contributed by atoms with E-state index in [9.17, 15) is 14.0 Å². The highest BCUT2D eigenvalue weighted by Crippen LogP contribution is 2.31. The number of benzene rings is 1. The summed E-state index contributed by atoms with van der Waals surface area (Å²) in [5.74, 6) is 0.637. The summed E-state index contributed by atoms with van der Waals surface area (Å²) < 4.78 is 24.8. The second kappa shape index (κ2) is 9.10. The number of hydrogen-bond donors (Lipinski definition) is 0. The van der Waals surface area contributed by atoms with Gasteiger partial charge in [-0.2, -0.15) is 0 Å². The standard InChI is InChI=1S/C22H28ClFN2O4/c1-14(30-21-3-2-17(24)11-19(21)23)15-4-7-25(8-5-15)22(28)26-9-6-20-16(12-26)10-18(27)13-29-20/h2-3,11,14-16,20H,4-10,12-13H2,1H3/t14?,16-,20+/m1/s1. The first-order valence-electron chi connectivity index (χ1n) is 10.7. The van der Waals surface area contributed by atoms with Crippen LogP contribution >= 0.6 is 11.6 Å². The molecule has 3 fully saturated rings. The van der Waals surface area contributed by atoms with Gasteiger partial charge in [0.15, 0.2) is 5.78 Å². The van der Waals surface area contributed by atoms with Crippen LogP contribution in [-0.2, 0) is 9.53 Å². The molecule has 0 bridgehead atoms. The number of ether oxygens (including phenoxy) is 2. The Hall–Kier alpha value is -1.86. The van der Waals surface area contributed by atoms with Gasteiger partial charge in [0.25, 0.3) is 0 Å². The number of halogens is 2. The summed E-state index contributed by atoms with van der Waals surface area (Å²) in [5.41, 5.74) is 0. The second-order valence-corrected chi connectivity index (χ2v) is 9.00. The van der Waals surface area contributed by atoms with Crippen LogP contribution in [-0.4, -0.2) is 66.6 Å². The van der Waals surface area contributed by atoms with Crippen LogP contribution in [0.5, 0.6) is 5.75 Å². The number of ketones is 1. The number of hydrogen-bond acceptors (Lipinski definition) is 4. The molecule has 30 heavy (non-hydrogen) atoms. The summed E-state index contributed by atoms with van der Waals surface area (Å²) in [5, 5.41) is 0.267. The van der Waals surface area contributed by atoms with Gasteiger partial charge < -0.3 is 19.3 Å². The Morgan fingerprint density at radius 2 is 1.97 bits per heavy atom. The van der Waals surface area contributed by atoms with Crippen molar-refractivity contribution in [1.82, 2.24) is 9.80 Å². The number of urea groups is 1. The number of nitrogens with zero attached hydrogens (tertiary/aromatic N) is 2. The van der Waals surface area contributed by atoms with E-state index in [1.54, 1.807) is 6.07 Å². The highest BCUT2D eigenvalue weighted by atomic mass is 35.5. The first-order chi connectivity index (χ1) is 14.4. The fourth-order valence-corrected chi connectivity index (χ4v) is 4.99. The zero-order chi connectivity index (χ0) is 21.3. The lowest BCUT2D eigenvalue weighted by Crippen LogP contribution is -2.55. The lowest BCUT2D eigenvalue weighted by atomic mass is 9.88. The smallest absolute Gasteiger partial charge is 0.320 e. The van der Waals surface area contributed by atoms with Crippen molar-refractivity contribution in [1.29, 1.82) is 0 Å². The van der Waals surface area contributed by atoms with Gasteiger partial charge in [-0.25, -0.2) is 9.18 Å². The number of Topliss-reactive ketones (excluding diaryl/α,β-unsaturated/α-hetero) is 1. The Balaban J connectivity index is 1.27. The number of piperidine rings is 2. The lowest BCUT2D eigenvalue weighted by molar-refractivity contribution is -0.140. The van der Waals surface area contributed by atoms with E-state index < -0.39 is 0 Å². The molecule has 0 radical (unpaired) electrons. The fraction of sp³-hybridized carbons (Fsp3) is 0.636. The van der Waals surface area contributed by atoms with E-state index in [0.29, 0.717) is 44.3 Å². The molecule has 0 N–H and O–H groups in total. The van der Waals surface area contributed by atoms with E-state index in [0.717, 1.165) is 19.3 Å². The van der Waals surface area contributed by atoms with Gasteiger partial charge in [0.1, 0.15) is 18.2 Å². The van der Waals surface area contributed by atoms with Crippen molar-refractivity contribution >= 4 is 23.4 Å². The third kappa shape index (κ3) is 4.72. The molecule has 1 unspecified atom stereocenters. The molecule has 2 amide bonds. The Labute approximate surface area is 181 Å². The molecule has 0 aliphatic carbocycles. The Morgan fingerprint density at radius 3 is 2.70 bits per heavy atom. The number of fused-ring (bicyclic) bond motifs is 1. The molecule has 0 spiro atoms. The van der Waals surface area contributed by atoms with Crippen LogP contribution in [0.1, 0.15) is 32.6 Å². The van der Waals surface area contributed by atoms with Gasteiger partial charge >= 0.3 is 6.03 Å². The van der Waals surface area contributed by atoms with Crippen LogP contribution in [0, 0.1) is 17.7 Å². The van der Waals surface area contributed by atoms with Crippen LogP contribution in [0.25, 0.3) is 0 Å². The summed E-state index contributed by atoms with van der Waals surface area (Å²) in [7, 11) is 0. The highest BCUT2D eigenvalue weighted by molar-refractivity contribution is 6.32. The summed E-state index contributed by atoms with van der Waals surface area (Å²) in [6, 6.07) is 4.19. The summed E-state index contributed by atoms with van der Waals surface area (Å²) in [6.07, 6.45) is 3.02. The maximum atomic E-state index is 13.2. The van der Waals surface area contributed by atoms with E-state index in [1.807, 2.05) is 16.7 Å². The van der Waals surface area contributed by atoms with Crippen molar-refractivity contribution in [3.05, 3.63) is 29.0 Å². The number of amides is 2. The highest BCUT2D eigenvalue weighted by Gasteiger charge is 2.38. The molecule has 3 aliphatic heterocycles. The van der Waals surface area contributed by atoms with Crippen LogP contribution in [0.3, 0.4) is 0 Å². The van der Waals surface area contributed by atoms with E-state index in [4.69, 9.17) is 21.1 Å². The molecule has 4 rings (SSSR count). The fourth-order valence-electron chi connectivity index (χ4n) is 4.78. The largest absolute Gasteiger partial charge is 0.489 e. The molecule has 0 saturated carbocycles. The van der Waals surface area contributed by atoms with Crippen molar-refractivity contribution < 1.29 is 23.5 Å². The zero-order valence-corrected chi connectivity index (χ0v) is 17.9. The van der Waals surface area contributed by atoms with Crippen LogP contribution < -0.4 is 4.74 Å². The normalized spacial score (nSPS) is 26.3. The van der Waals surface area contributed by atoms with Gasteiger partial charge in [0.2, 0.25) is 0 Å². The minimum Gasteiger partial charge on any atom is -0.489 e. The van der Waals surface area contributed by atoms with Crippen molar-refractivity contribution in [2.45, 2.75) is 44.8 Å². The van der Waals surface area contributed by atoms with Gasteiger partial charge in [0, 0.05) is 38.5 Å². The molecule has 6 nitrogen and oxygen atoms in total. The molecular formula is C22H28ClFN2O4. The van der Waals surface area contributed by atoms with Crippen molar-refractivity contribution in [2.24, 2.45) is 11.8 Å². The minimum atomic E-state index is -0.389. The average Bonchev–Trinajstić information content (AvgIpc) is 2.74. The van der Waals surface area contributed by atoms with Crippen LogP contribution in [0.4, 0.5) is 9.18 Å². The van der Waals surface area contributed by atoms with Crippen molar-refractivity contribution in [3.8, 4) is 5.75 Å². The van der Waals surface area contributed by atoms with Gasteiger partial charge in [-0.1, -0.05) is 11.6 Å². The molecule has 1 aromatic carbocycles. The Morgan fingerprint density at radius 1 is 1.23 bits per heavy atom. The minimum absolute atomic E-state index is 0.0556. The summed E-state index contributed by atoms with van der Waals surface area (Å²) in [4.78, 5) is 28.5. The van der Waals surface area contributed by atoms with Crippen molar-refractivity contribution in [2.75, 3.05) is 32.8 Å². The monoisotopic (exact) mass is 438 g/mol. The first kappa shape index (κ1) is 21.4. The first-order valence-corrected chi connectivity index (χ1v) is 11.1. The SMILES string of the molecule is CC(Oc1ccc(F)cc1Cl)C1CCN(C(=O)N2CC[C@@H]3OCC(=O)C[C@@H]3C2)CC1. The number of rotatable bonds is 3. The predicted molar refractivity (Wildman–Crippen MR) is 110 cm³/mol. The topological polar surface area (TPSA) is 59.1 Å². The molecule has 0 aromatic heterocycles. The molecule has 164 valence electrons. The van der Waals surface area contributed by atoms with Crippen LogP contribution in [0.15, 0.2) is 18.2 Å². The lowest BCUT2D eigenvalue weighted by Gasteiger charge is -2.43. The third-order valence-electron chi connectivity index (χ3n) is 6.56. The quantitative estimate of drug-likeness (QED) is 0.721. The van der Waals surface area contributed by atoms with Gasteiger partial charge in [-0.05, 0) is 50.3 Å². The van der Waals surface area contributed by atoms with E-state index in [1.165, 1.54) is 12.1 Å². The molecule has 3 atom stereocenters. The molecule has 8 heteroatoms. The van der Waals surface area contributed by atoms with Gasteiger partial charge in [0.05, 0.1) is 17.2 Å². The van der Waals surface area contributed by atoms with Crippen LogP contribution in [0.2, 0.25) is 5.02 Å². The molecule has 3 saturated heterocycles. The summed E-state index contributed by atoms with van der Waals surface area (Å²) >= 11 is 6.07. The van der Waals surface area contributed by atoms with Gasteiger partial charge in [-0.3, -0.25) is 4.79 Å². The van der Waals surface area contributed by atoms with Crippen molar-refractivity contribution in [3.63, 3.8) is 0 Å². The van der Waals surface area contributed by atoms with Gasteiger partial charge in [-0.15, -0.1) is 0 Å². The molecular weight excluding hydrogens is 411 g/mol. The number of carbonyl (C=O) groups is 2. The van der Waals surface area contributed by atoms with E-state index >= 15 is 0 Å². The average molecular weight is 439 g/mol. The maximum Gasteiger partial charge on any atom is 0.320 e. The maximum absolute atomic E-state index is 13.2. The molecule has 3 heterocycles. The number of likely N-dealkylation sites (tertiary alicyclic amines) is 2. The molecule has 3 aliphatic rings. The third-order valence-corrected chi connectivity index (χ3v) is 6.86. The van der Waals surface area contributed by atoms with E-state index in [2.05, 4.69) is 0 Å². The Bertz CT molecular complexity index is 799.